The topological polar surface area (TPSA) is 41.5 Å². The van der Waals surface area contributed by atoms with Crippen LogP contribution in [0.2, 0.25) is 5.02 Å². The molecule has 0 radical (unpaired) electrons. The summed E-state index contributed by atoms with van der Waals surface area (Å²) in [6.07, 6.45) is -0.631. The molecule has 0 saturated heterocycles. The van der Waals surface area contributed by atoms with Crippen molar-refractivity contribution in [3.05, 3.63) is 53.3 Å². The molecule has 0 saturated carbocycles. The Balaban J connectivity index is 2.05. The maximum Gasteiger partial charge on any atom is 0.146 e. The lowest BCUT2D eigenvalue weighted by atomic mass is 10.2. The van der Waals surface area contributed by atoms with Gasteiger partial charge in [0.1, 0.15) is 17.3 Å². The molecule has 3 nitrogen and oxygen atoms in total. The van der Waals surface area contributed by atoms with Crippen LogP contribution in [0.15, 0.2) is 42.5 Å². The first-order valence-electron chi connectivity index (χ1n) is 6.29. The van der Waals surface area contributed by atoms with E-state index in [1.54, 1.807) is 30.3 Å². The number of hydrogen-bond acceptors (Lipinski definition) is 3. The number of halogens is 3. The quantitative estimate of drug-likeness (QED) is 0.777. The molecule has 0 aliphatic rings. The van der Waals surface area contributed by atoms with Gasteiger partial charge in [-0.2, -0.15) is 0 Å². The monoisotopic (exact) mass is 329 g/mol. The van der Waals surface area contributed by atoms with Gasteiger partial charge < -0.3 is 15.2 Å². The second kappa shape index (κ2) is 7.50. The van der Waals surface area contributed by atoms with Crippen molar-refractivity contribution in [2.75, 3.05) is 17.7 Å². The number of anilines is 1. The molecular weight excluding hydrogens is 316 g/mol. The van der Waals surface area contributed by atoms with Crippen LogP contribution in [-0.2, 0) is 0 Å². The summed E-state index contributed by atoms with van der Waals surface area (Å²) >= 11 is 11.6. The fraction of sp³-hybridized carbons (Fsp3) is 0.200. The zero-order chi connectivity index (χ0) is 15.2. The summed E-state index contributed by atoms with van der Waals surface area (Å²) in [5, 5.41) is 12.8. The van der Waals surface area contributed by atoms with Gasteiger partial charge >= 0.3 is 0 Å². The lowest BCUT2D eigenvalue weighted by Crippen LogP contribution is -2.20. The van der Waals surface area contributed by atoms with Crippen molar-refractivity contribution in [2.45, 2.75) is 6.10 Å². The predicted molar refractivity (Wildman–Crippen MR) is 83.1 cm³/mol. The first-order valence-corrected chi connectivity index (χ1v) is 7.20. The highest BCUT2D eigenvalue weighted by atomic mass is 35.5. The summed E-state index contributed by atoms with van der Waals surface area (Å²) < 4.78 is 18.6. The largest absolute Gasteiger partial charge is 0.456 e. The van der Waals surface area contributed by atoms with E-state index in [-0.39, 0.29) is 11.7 Å². The fourth-order valence-electron chi connectivity index (χ4n) is 1.64. The maximum atomic E-state index is 13.1. The normalized spacial score (nSPS) is 12.0. The minimum absolute atomic E-state index is 0.154. The van der Waals surface area contributed by atoms with Crippen molar-refractivity contribution >= 4 is 28.9 Å². The zero-order valence-corrected chi connectivity index (χ0v) is 12.5. The van der Waals surface area contributed by atoms with Gasteiger partial charge in [-0.15, -0.1) is 11.6 Å². The highest BCUT2D eigenvalue weighted by Gasteiger charge is 2.07. The molecule has 2 rings (SSSR count). The van der Waals surface area contributed by atoms with Gasteiger partial charge in [-0.3, -0.25) is 0 Å². The van der Waals surface area contributed by atoms with Crippen molar-refractivity contribution in [2.24, 2.45) is 0 Å². The highest BCUT2D eigenvalue weighted by molar-refractivity contribution is 6.32. The average molecular weight is 330 g/mol. The van der Waals surface area contributed by atoms with Gasteiger partial charge in [0, 0.05) is 18.3 Å². The second-order valence-electron chi connectivity index (χ2n) is 4.39. The smallest absolute Gasteiger partial charge is 0.146 e. The van der Waals surface area contributed by atoms with E-state index in [4.69, 9.17) is 27.9 Å². The molecule has 0 aromatic heterocycles. The van der Waals surface area contributed by atoms with Gasteiger partial charge in [0.25, 0.3) is 0 Å². The van der Waals surface area contributed by atoms with Gasteiger partial charge in [0.2, 0.25) is 0 Å². The molecular formula is C15H14Cl2FNO2. The molecule has 0 fully saturated rings. The SMILES string of the molecule is OC(CCl)CNc1ccc(Oc2cccc(F)c2)c(Cl)c1. The van der Waals surface area contributed by atoms with Gasteiger partial charge in [-0.25, -0.2) is 4.39 Å². The molecule has 0 bridgehead atoms. The van der Waals surface area contributed by atoms with Crippen LogP contribution in [0.4, 0.5) is 10.1 Å². The summed E-state index contributed by atoms with van der Waals surface area (Å²) in [6, 6.07) is 10.9. The first kappa shape index (κ1) is 15.9. The zero-order valence-electron chi connectivity index (χ0n) is 11.0. The van der Waals surface area contributed by atoms with Crippen LogP contribution in [0, 0.1) is 5.82 Å². The number of nitrogens with one attached hydrogen (secondary N) is 1. The minimum Gasteiger partial charge on any atom is -0.456 e. The third kappa shape index (κ3) is 4.77. The number of rotatable bonds is 6. The second-order valence-corrected chi connectivity index (χ2v) is 5.11. The van der Waals surface area contributed by atoms with Crippen LogP contribution in [0.25, 0.3) is 0 Å². The van der Waals surface area contributed by atoms with Gasteiger partial charge in [0.05, 0.1) is 17.0 Å². The summed E-state index contributed by atoms with van der Waals surface area (Å²) in [5.41, 5.74) is 0.732. The van der Waals surface area contributed by atoms with E-state index >= 15 is 0 Å². The third-order valence-corrected chi connectivity index (χ3v) is 3.33. The molecule has 0 aliphatic heterocycles. The molecule has 1 atom stereocenters. The minimum atomic E-state index is -0.631. The van der Waals surface area contributed by atoms with Crippen LogP contribution >= 0.6 is 23.2 Å². The molecule has 2 aromatic rings. The van der Waals surface area contributed by atoms with Crippen LogP contribution in [0.5, 0.6) is 11.5 Å². The molecule has 0 aliphatic carbocycles. The molecule has 1 unspecified atom stereocenters. The van der Waals surface area contributed by atoms with Crippen molar-refractivity contribution in [1.82, 2.24) is 0 Å². The Kier molecular flexibility index (Phi) is 5.67. The first-order chi connectivity index (χ1) is 10.1. The van der Waals surface area contributed by atoms with Crippen LogP contribution in [0.3, 0.4) is 0 Å². The van der Waals surface area contributed by atoms with Crippen molar-refractivity contribution < 1.29 is 14.2 Å². The molecule has 0 amide bonds. The van der Waals surface area contributed by atoms with E-state index in [9.17, 15) is 9.50 Å². The molecule has 2 N–H and O–H groups in total. The Morgan fingerprint density at radius 2 is 2.05 bits per heavy atom. The lowest BCUT2D eigenvalue weighted by molar-refractivity contribution is 0.211. The molecule has 6 heteroatoms. The Morgan fingerprint density at radius 3 is 2.71 bits per heavy atom. The van der Waals surface area contributed by atoms with E-state index in [0.717, 1.165) is 5.69 Å². The van der Waals surface area contributed by atoms with E-state index in [2.05, 4.69) is 5.32 Å². The number of aliphatic hydroxyl groups excluding tert-OH is 1. The summed E-state index contributed by atoms with van der Waals surface area (Å²) in [6.45, 7) is 0.323. The number of ether oxygens (including phenoxy) is 1. The molecule has 2 aromatic carbocycles. The van der Waals surface area contributed by atoms with Gasteiger partial charge in [-0.1, -0.05) is 17.7 Å². The van der Waals surface area contributed by atoms with E-state index < -0.39 is 6.10 Å². The Morgan fingerprint density at radius 1 is 1.24 bits per heavy atom. The van der Waals surface area contributed by atoms with Crippen LogP contribution in [-0.4, -0.2) is 23.6 Å². The number of aliphatic hydroxyl groups is 1. The van der Waals surface area contributed by atoms with Crippen molar-refractivity contribution in [3.63, 3.8) is 0 Å². The Bertz CT molecular complexity index is 610. The van der Waals surface area contributed by atoms with Crippen LogP contribution < -0.4 is 10.1 Å². The fourth-order valence-corrected chi connectivity index (χ4v) is 1.97. The van der Waals surface area contributed by atoms with Crippen LogP contribution in [0.1, 0.15) is 0 Å². The average Bonchev–Trinajstić information content (AvgIpc) is 2.47. The Labute approximate surface area is 132 Å². The summed E-state index contributed by atoms with van der Waals surface area (Å²) in [7, 11) is 0. The maximum absolute atomic E-state index is 13.1. The highest BCUT2D eigenvalue weighted by Crippen LogP contribution is 2.31. The molecule has 0 heterocycles. The summed E-state index contributed by atoms with van der Waals surface area (Å²) in [4.78, 5) is 0. The van der Waals surface area contributed by atoms with E-state index in [1.165, 1.54) is 12.1 Å². The van der Waals surface area contributed by atoms with E-state index in [1.807, 2.05) is 0 Å². The van der Waals surface area contributed by atoms with E-state index in [0.29, 0.717) is 23.1 Å². The molecule has 21 heavy (non-hydrogen) atoms. The predicted octanol–water partition coefficient (Wildman–Crippen LogP) is 4.28. The van der Waals surface area contributed by atoms with Crippen molar-refractivity contribution in [3.8, 4) is 11.5 Å². The number of alkyl halides is 1. The molecule has 0 spiro atoms. The van der Waals surface area contributed by atoms with Gasteiger partial charge in [-0.05, 0) is 30.3 Å². The molecule has 112 valence electrons. The third-order valence-electron chi connectivity index (χ3n) is 2.68. The number of benzene rings is 2. The van der Waals surface area contributed by atoms with Gasteiger partial charge in [0.15, 0.2) is 0 Å². The lowest BCUT2D eigenvalue weighted by Gasteiger charge is -2.12. The standard InChI is InChI=1S/C15H14Cl2FNO2/c16-8-12(20)9-19-11-4-5-15(14(17)7-11)21-13-3-1-2-10(18)6-13/h1-7,12,19-20H,8-9H2. The summed E-state index contributed by atoms with van der Waals surface area (Å²) in [5.74, 6) is 0.569. The van der Waals surface area contributed by atoms with Crippen molar-refractivity contribution in [1.29, 1.82) is 0 Å². The Hall–Kier alpha value is -1.49. The number of hydrogen-bond donors (Lipinski definition) is 2.